The molecule has 0 aliphatic heterocycles. The van der Waals surface area contributed by atoms with E-state index in [0.717, 1.165) is 0 Å². The Labute approximate surface area is 194 Å². The van der Waals surface area contributed by atoms with E-state index in [4.69, 9.17) is 0 Å². The highest BCUT2D eigenvalue weighted by atomic mass is 79.9. The summed E-state index contributed by atoms with van der Waals surface area (Å²) in [7, 11) is 0. The van der Waals surface area contributed by atoms with Gasteiger partial charge < -0.3 is 0 Å². The smallest absolute Gasteiger partial charge is 0.292 e. The van der Waals surface area contributed by atoms with E-state index in [9.17, 15) is 66.7 Å². The minimum absolute atomic E-state index is 0.0968. The Morgan fingerprint density at radius 3 is 1.63 bits per heavy atom. The molecule has 0 radical (unpaired) electrons. The van der Waals surface area contributed by atoms with Gasteiger partial charge in [-0.25, -0.2) is 5.43 Å². The van der Waals surface area contributed by atoms with Crippen molar-refractivity contribution in [1.29, 1.82) is 0 Å². The predicted octanol–water partition coefficient (Wildman–Crippen LogP) is 6.25. The Morgan fingerprint density at radius 2 is 1.20 bits per heavy atom. The second-order valence-corrected chi connectivity index (χ2v) is 7.68. The van der Waals surface area contributed by atoms with Gasteiger partial charge in [0.2, 0.25) is 5.78 Å². The zero-order chi connectivity index (χ0) is 27.8. The molecule has 0 saturated carbocycles. The average Bonchev–Trinajstić information content (AvgIpc) is 2.70. The lowest BCUT2D eigenvalue weighted by Crippen LogP contribution is -2.71. The summed E-state index contributed by atoms with van der Waals surface area (Å²) in [6.07, 6.45) is -9.58. The van der Waals surface area contributed by atoms with Crippen LogP contribution in [0.2, 0.25) is 0 Å². The van der Waals surface area contributed by atoms with E-state index in [2.05, 4.69) is 21.0 Å². The van der Waals surface area contributed by atoms with Gasteiger partial charge in [-0.2, -0.15) is 62.2 Å². The van der Waals surface area contributed by atoms with Crippen molar-refractivity contribution in [3.8, 4) is 0 Å². The number of hydrazone groups is 1. The summed E-state index contributed by atoms with van der Waals surface area (Å²) in [5.41, 5.74) is 0.585. The summed E-state index contributed by atoms with van der Waals surface area (Å²) in [4.78, 5) is 23.3. The van der Waals surface area contributed by atoms with Crippen LogP contribution >= 0.6 is 15.9 Å². The zero-order valence-electron chi connectivity index (χ0n) is 16.6. The molecule has 1 aromatic carbocycles. The van der Waals surface area contributed by atoms with E-state index in [1.807, 2.05) is 0 Å². The summed E-state index contributed by atoms with van der Waals surface area (Å²) in [6, 6.07) is 5.16. The lowest BCUT2D eigenvalue weighted by Gasteiger charge is -2.39. The van der Waals surface area contributed by atoms with Crippen molar-refractivity contribution < 1.29 is 66.7 Å². The summed E-state index contributed by atoms with van der Waals surface area (Å²) in [5.74, 6) is -43.0. The first kappa shape index (κ1) is 30.6. The maximum Gasteiger partial charge on any atom is 0.460 e. The van der Waals surface area contributed by atoms with Crippen molar-refractivity contribution in [3.63, 3.8) is 0 Å². The minimum atomic E-state index is -8.10. The molecule has 1 aromatic rings. The van der Waals surface area contributed by atoms with Crippen molar-refractivity contribution >= 4 is 33.3 Å². The van der Waals surface area contributed by atoms with Crippen LogP contribution < -0.4 is 5.43 Å². The number of halogens is 14. The van der Waals surface area contributed by atoms with Crippen molar-refractivity contribution in [2.24, 2.45) is 5.10 Å². The van der Waals surface area contributed by atoms with Crippen molar-refractivity contribution in [1.82, 2.24) is 5.43 Å². The molecule has 0 heterocycles. The van der Waals surface area contributed by atoms with Gasteiger partial charge in [0, 0.05) is 15.7 Å². The van der Waals surface area contributed by atoms with Gasteiger partial charge >= 0.3 is 35.8 Å². The summed E-state index contributed by atoms with van der Waals surface area (Å²) < 4.78 is 170. The van der Waals surface area contributed by atoms with Crippen LogP contribution in [0.25, 0.3) is 0 Å². The van der Waals surface area contributed by atoms with Gasteiger partial charge in [-0.05, 0) is 31.2 Å². The zero-order valence-corrected chi connectivity index (χ0v) is 18.2. The Bertz CT molecular complexity index is 989. The largest absolute Gasteiger partial charge is 0.460 e. The third kappa shape index (κ3) is 5.40. The molecule has 0 unspecified atom stereocenters. The topological polar surface area (TPSA) is 58.5 Å². The molecule has 0 fully saturated rings. The fourth-order valence-corrected chi connectivity index (χ4v) is 2.40. The Morgan fingerprint density at radius 1 is 0.771 bits per heavy atom. The van der Waals surface area contributed by atoms with E-state index >= 15 is 0 Å². The van der Waals surface area contributed by atoms with E-state index < -0.39 is 59.6 Å². The Balaban J connectivity index is 3.17. The van der Waals surface area contributed by atoms with Crippen molar-refractivity contribution in [2.45, 2.75) is 49.1 Å². The molecular weight excluding hydrogens is 591 g/mol. The van der Waals surface area contributed by atoms with Gasteiger partial charge in [0.05, 0.1) is 6.42 Å². The van der Waals surface area contributed by atoms with Crippen molar-refractivity contribution in [3.05, 3.63) is 34.3 Å². The molecule has 198 valence electrons. The quantitative estimate of drug-likeness (QED) is 0.207. The molecule has 0 atom stereocenters. The number of nitrogens with zero attached hydrogens (tertiary/aromatic N) is 1. The number of benzene rings is 1. The highest BCUT2D eigenvalue weighted by Crippen LogP contribution is 2.60. The van der Waals surface area contributed by atoms with Crippen LogP contribution in [0.1, 0.15) is 23.7 Å². The number of hydrogen-bond donors (Lipinski definition) is 1. The number of carbonyl (C=O) groups is 2. The molecule has 18 heteroatoms. The number of Topliss-reactive ketones (excluding diaryl/α,β-unsaturated/α-hetero) is 1. The lowest BCUT2D eigenvalue weighted by molar-refractivity contribution is -0.436. The molecule has 0 saturated heterocycles. The SMILES string of the molecule is CC(CC(=O)C(F)(F)C(F)(F)C(F)(F)C(F)(F)C(F)(F)C(F)(F)F)=NNC(=O)c1ccc(Br)cc1. The maximum atomic E-state index is 13.8. The number of ketones is 1. The summed E-state index contributed by atoms with van der Waals surface area (Å²) >= 11 is 3.04. The first-order valence-electron chi connectivity index (χ1n) is 8.53. The molecule has 1 rings (SSSR count). The number of rotatable bonds is 9. The molecule has 0 bridgehead atoms. The Hall–Kier alpha value is -2.40. The minimum Gasteiger partial charge on any atom is -0.292 e. The number of alkyl halides is 13. The monoisotopic (exact) mass is 600 g/mol. The van der Waals surface area contributed by atoms with E-state index in [-0.39, 0.29) is 5.56 Å². The first-order chi connectivity index (χ1) is 15.4. The fourth-order valence-electron chi connectivity index (χ4n) is 2.14. The second-order valence-electron chi connectivity index (χ2n) is 6.76. The highest BCUT2D eigenvalue weighted by molar-refractivity contribution is 9.10. The van der Waals surface area contributed by atoms with E-state index in [0.29, 0.717) is 11.4 Å². The molecule has 1 amide bonds. The number of hydrogen-bond acceptors (Lipinski definition) is 3. The van der Waals surface area contributed by atoms with Crippen LogP contribution in [0.4, 0.5) is 57.1 Å². The number of carbonyl (C=O) groups excluding carboxylic acids is 2. The molecule has 0 spiro atoms. The molecule has 0 aromatic heterocycles. The van der Waals surface area contributed by atoms with Crippen LogP contribution in [0.3, 0.4) is 0 Å². The molecule has 0 aliphatic carbocycles. The summed E-state index contributed by atoms with van der Waals surface area (Å²) in [6.45, 7) is 0.610. The van der Waals surface area contributed by atoms with Crippen LogP contribution in [-0.2, 0) is 4.79 Å². The van der Waals surface area contributed by atoms with Crippen LogP contribution in [0.15, 0.2) is 33.8 Å². The highest BCUT2D eigenvalue weighted by Gasteiger charge is 2.91. The van der Waals surface area contributed by atoms with Gasteiger partial charge in [0.1, 0.15) is 0 Å². The average molecular weight is 601 g/mol. The standard InChI is InChI=1S/C17H10BrF13N2O2/c1-7(32-33-11(35)8-2-4-9(18)5-3-8)6-10(34)12(19,20)13(21,22)14(23,24)15(25,26)16(27,28)17(29,30)31/h2-5H,6H2,1H3,(H,33,35). The van der Waals surface area contributed by atoms with Gasteiger partial charge in [-0.15, -0.1) is 0 Å². The van der Waals surface area contributed by atoms with Gasteiger partial charge in [0.15, 0.2) is 0 Å². The lowest BCUT2D eigenvalue weighted by atomic mass is 9.91. The van der Waals surface area contributed by atoms with E-state index in [1.54, 1.807) is 5.43 Å². The maximum absolute atomic E-state index is 13.8. The fraction of sp³-hybridized carbons (Fsp3) is 0.471. The second kappa shape index (κ2) is 9.57. The predicted molar refractivity (Wildman–Crippen MR) is 95.1 cm³/mol. The van der Waals surface area contributed by atoms with E-state index in [1.165, 1.54) is 24.3 Å². The van der Waals surface area contributed by atoms with Crippen LogP contribution in [-0.4, -0.2) is 53.2 Å². The number of nitrogens with one attached hydrogen (secondary N) is 1. The first-order valence-corrected chi connectivity index (χ1v) is 9.32. The van der Waals surface area contributed by atoms with Crippen LogP contribution in [0.5, 0.6) is 0 Å². The third-order valence-electron chi connectivity index (χ3n) is 4.15. The molecule has 1 N–H and O–H groups in total. The van der Waals surface area contributed by atoms with Crippen molar-refractivity contribution in [2.75, 3.05) is 0 Å². The molecule has 0 aliphatic rings. The normalized spacial score (nSPS) is 14.7. The molecule has 4 nitrogen and oxygen atoms in total. The molecule has 35 heavy (non-hydrogen) atoms. The Kier molecular flexibility index (Phi) is 8.38. The number of amides is 1. The van der Waals surface area contributed by atoms with Gasteiger partial charge in [-0.3, -0.25) is 9.59 Å². The molecular formula is C17H10BrF13N2O2. The van der Waals surface area contributed by atoms with Gasteiger partial charge in [0.25, 0.3) is 5.91 Å². The third-order valence-corrected chi connectivity index (χ3v) is 4.68. The van der Waals surface area contributed by atoms with Gasteiger partial charge in [-0.1, -0.05) is 15.9 Å². The van der Waals surface area contributed by atoms with Crippen LogP contribution in [0, 0.1) is 0 Å². The summed E-state index contributed by atoms with van der Waals surface area (Å²) in [5, 5.41) is 3.04.